The molecule has 0 aliphatic rings. The van der Waals surface area contributed by atoms with Crippen molar-refractivity contribution in [3.8, 4) is 0 Å². The van der Waals surface area contributed by atoms with Crippen LogP contribution in [-0.4, -0.2) is 68.7 Å². The molecule has 0 aliphatic carbocycles. The van der Waals surface area contributed by atoms with Crippen molar-refractivity contribution in [1.82, 2.24) is 4.90 Å². The van der Waals surface area contributed by atoms with Crippen molar-refractivity contribution in [2.24, 2.45) is 0 Å². The van der Waals surface area contributed by atoms with E-state index in [1.807, 2.05) is 0 Å². The van der Waals surface area contributed by atoms with Crippen LogP contribution >= 0.6 is 0 Å². The summed E-state index contributed by atoms with van der Waals surface area (Å²) in [6.45, 7) is -0.346. The zero-order valence-corrected chi connectivity index (χ0v) is 10.2. The van der Waals surface area contributed by atoms with E-state index in [0.29, 0.717) is 26.1 Å². The average Bonchev–Trinajstić information content (AvgIpc) is 2.22. The van der Waals surface area contributed by atoms with E-state index in [4.69, 9.17) is 9.84 Å². The fraction of sp³-hybridized carbons (Fsp3) is 0.900. The highest BCUT2D eigenvalue weighted by atomic mass is 19.4. The van der Waals surface area contributed by atoms with Gasteiger partial charge in [0.25, 0.3) is 0 Å². The van der Waals surface area contributed by atoms with Gasteiger partial charge in [-0.05, 0) is 6.42 Å². The van der Waals surface area contributed by atoms with E-state index in [0.717, 1.165) is 0 Å². The lowest BCUT2D eigenvalue weighted by atomic mass is 10.3. The van der Waals surface area contributed by atoms with E-state index in [1.165, 1.54) is 7.11 Å². The first-order chi connectivity index (χ1) is 8.35. The van der Waals surface area contributed by atoms with Gasteiger partial charge in [0.2, 0.25) is 0 Å². The van der Waals surface area contributed by atoms with Crippen LogP contribution in [0.1, 0.15) is 6.42 Å². The van der Waals surface area contributed by atoms with Gasteiger partial charge in [0.05, 0.1) is 13.2 Å². The summed E-state index contributed by atoms with van der Waals surface area (Å²) in [5, 5.41) is 8.63. The maximum atomic E-state index is 11.8. The lowest BCUT2D eigenvalue weighted by molar-refractivity contribution is -0.174. The number of carboxylic acids is 1. The van der Waals surface area contributed by atoms with Gasteiger partial charge in [-0.15, -0.1) is 0 Å². The van der Waals surface area contributed by atoms with Gasteiger partial charge in [-0.2, -0.15) is 13.2 Å². The van der Waals surface area contributed by atoms with E-state index in [2.05, 4.69) is 4.74 Å². The molecule has 0 fully saturated rings. The molecule has 0 radical (unpaired) electrons. The molecule has 18 heavy (non-hydrogen) atoms. The van der Waals surface area contributed by atoms with Gasteiger partial charge in [0.15, 0.2) is 0 Å². The second kappa shape index (κ2) is 9.12. The molecule has 5 nitrogen and oxygen atoms in total. The zero-order chi connectivity index (χ0) is 14.0. The first-order valence-corrected chi connectivity index (χ1v) is 5.42. The summed E-state index contributed by atoms with van der Waals surface area (Å²) >= 11 is 0. The molecule has 0 atom stereocenters. The molecule has 0 spiro atoms. The summed E-state index contributed by atoms with van der Waals surface area (Å²) in [5.74, 6) is -0.984. The second-order valence-electron chi connectivity index (χ2n) is 3.68. The van der Waals surface area contributed by atoms with Crippen molar-refractivity contribution in [1.29, 1.82) is 0 Å². The maximum Gasteiger partial charge on any atom is 0.411 e. The fourth-order valence-corrected chi connectivity index (χ4v) is 1.26. The largest absolute Gasteiger partial charge is 0.480 e. The maximum absolute atomic E-state index is 11.8. The van der Waals surface area contributed by atoms with Gasteiger partial charge < -0.3 is 14.6 Å². The molecule has 0 aromatic heterocycles. The number of carboxylic acid groups (broad SMARTS) is 1. The van der Waals surface area contributed by atoms with E-state index in [1.54, 1.807) is 4.90 Å². The van der Waals surface area contributed by atoms with Gasteiger partial charge >= 0.3 is 12.1 Å². The van der Waals surface area contributed by atoms with Gasteiger partial charge in [-0.1, -0.05) is 0 Å². The number of ether oxygens (including phenoxy) is 2. The van der Waals surface area contributed by atoms with Crippen molar-refractivity contribution in [2.45, 2.75) is 12.6 Å². The molecular weight excluding hydrogens is 255 g/mol. The third-order valence-electron chi connectivity index (χ3n) is 2.00. The first kappa shape index (κ1) is 17.1. The monoisotopic (exact) mass is 273 g/mol. The van der Waals surface area contributed by atoms with Crippen LogP contribution in [0.4, 0.5) is 13.2 Å². The molecule has 1 N–H and O–H groups in total. The molecule has 0 aromatic carbocycles. The number of hydrogen-bond donors (Lipinski definition) is 1. The van der Waals surface area contributed by atoms with Crippen LogP contribution in [0.5, 0.6) is 0 Å². The van der Waals surface area contributed by atoms with Crippen molar-refractivity contribution >= 4 is 5.97 Å². The van der Waals surface area contributed by atoms with Gasteiger partial charge in [-0.25, -0.2) is 0 Å². The van der Waals surface area contributed by atoms with E-state index < -0.39 is 18.8 Å². The van der Waals surface area contributed by atoms with Crippen LogP contribution in [0, 0.1) is 0 Å². The van der Waals surface area contributed by atoms with Crippen molar-refractivity contribution in [2.75, 3.05) is 46.6 Å². The Labute approximate surface area is 103 Å². The number of rotatable bonds is 10. The first-order valence-electron chi connectivity index (χ1n) is 5.42. The molecule has 0 saturated heterocycles. The van der Waals surface area contributed by atoms with Crippen LogP contribution < -0.4 is 0 Å². The average molecular weight is 273 g/mol. The van der Waals surface area contributed by atoms with Crippen LogP contribution in [0.15, 0.2) is 0 Å². The third kappa shape index (κ3) is 11.6. The number of carbonyl (C=O) groups is 1. The Morgan fingerprint density at radius 3 is 2.44 bits per heavy atom. The number of alkyl halides is 3. The Bertz CT molecular complexity index is 236. The Balaban J connectivity index is 3.71. The molecule has 0 aliphatic heterocycles. The summed E-state index contributed by atoms with van der Waals surface area (Å²) in [6, 6.07) is 0. The Morgan fingerprint density at radius 1 is 1.28 bits per heavy atom. The molecule has 0 unspecified atom stereocenters. The second-order valence-corrected chi connectivity index (χ2v) is 3.68. The highest BCUT2D eigenvalue weighted by molar-refractivity contribution is 5.69. The van der Waals surface area contributed by atoms with Crippen LogP contribution in [0.2, 0.25) is 0 Å². The van der Waals surface area contributed by atoms with Crippen molar-refractivity contribution in [3.63, 3.8) is 0 Å². The fourth-order valence-electron chi connectivity index (χ4n) is 1.26. The summed E-state index contributed by atoms with van der Waals surface area (Å²) in [6.07, 6.45) is -3.98. The minimum absolute atomic E-state index is 0.0530. The molecule has 0 bridgehead atoms. The molecule has 0 rings (SSSR count). The molecule has 0 aromatic rings. The van der Waals surface area contributed by atoms with E-state index >= 15 is 0 Å². The van der Waals surface area contributed by atoms with Crippen molar-refractivity contribution < 1.29 is 32.5 Å². The Morgan fingerprint density at radius 2 is 1.94 bits per heavy atom. The third-order valence-corrected chi connectivity index (χ3v) is 2.00. The minimum atomic E-state index is -4.32. The zero-order valence-electron chi connectivity index (χ0n) is 10.2. The summed E-state index contributed by atoms with van der Waals surface area (Å²) < 4.78 is 44.5. The minimum Gasteiger partial charge on any atom is -0.480 e. The highest BCUT2D eigenvalue weighted by Gasteiger charge is 2.27. The lowest BCUT2D eigenvalue weighted by Crippen LogP contribution is -2.34. The quantitative estimate of drug-likeness (QED) is 0.601. The molecular formula is C10H18F3NO4. The number of halogens is 3. The molecule has 8 heteroatoms. The van der Waals surface area contributed by atoms with Crippen molar-refractivity contribution in [3.05, 3.63) is 0 Å². The van der Waals surface area contributed by atoms with E-state index in [9.17, 15) is 18.0 Å². The molecule has 108 valence electrons. The molecule has 0 saturated carbocycles. The number of hydrogen-bond acceptors (Lipinski definition) is 4. The smallest absolute Gasteiger partial charge is 0.411 e. The summed E-state index contributed by atoms with van der Waals surface area (Å²) in [5.41, 5.74) is 0. The van der Waals surface area contributed by atoms with Crippen LogP contribution in [0.3, 0.4) is 0 Å². The predicted molar refractivity (Wildman–Crippen MR) is 57.4 cm³/mol. The lowest BCUT2D eigenvalue weighted by Gasteiger charge is -2.19. The normalized spacial score (nSPS) is 12.1. The molecule has 0 amide bonds. The Kier molecular flexibility index (Phi) is 8.69. The number of methoxy groups -OCH3 is 1. The van der Waals surface area contributed by atoms with Crippen LogP contribution in [-0.2, 0) is 14.3 Å². The van der Waals surface area contributed by atoms with Gasteiger partial charge in [0, 0.05) is 26.8 Å². The summed E-state index contributed by atoms with van der Waals surface area (Å²) in [4.78, 5) is 12.1. The van der Waals surface area contributed by atoms with Gasteiger partial charge in [0.1, 0.15) is 6.61 Å². The SMILES string of the molecule is COCCN(CCCOCC(F)(F)F)CC(=O)O. The van der Waals surface area contributed by atoms with E-state index in [-0.39, 0.29) is 13.2 Å². The topological polar surface area (TPSA) is 59.0 Å². The Hall–Kier alpha value is -0.860. The predicted octanol–water partition coefficient (Wildman–Crippen LogP) is 0.988. The highest BCUT2D eigenvalue weighted by Crippen LogP contribution is 2.14. The summed E-state index contributed by atoms with van der Waals surface area (Å²) in [7, 11) is 1.49. The van der Waals surface area contributed by atoms with Crippen LogP contribution in [0.25, 0.3) is 0 Å². The molecule has 0 heterocycles. The number of aliphatic carboxylic acids is 1. The standard InChI is InChI=1S/C10H18F3NO4/c1-17-6-4-14(7-9(15)16)3-2-5-18-8-10(11,12)13/h2-8H2,1H3,(H,15,16). The number of nitrogens with zero attached hydrogens (tertiary/aromatic N) is 1. The van der Waals surface area contributed by atoms with Gasteiger partial charge in [-0.3, -0.25) is 9.69 Å².